The summed E-state index contributed by atoms with van der Waals surface area (Å²) in [6.45, 7) is 3.74. The van der Waals surface area contributed by atoms with Crippen molar-refractivity contribution in [3.8, 4) is 5.75 Å². The normalized spacial score (nSPS) is 15.5. The van der Waals surface area contributed by atoms with Crippen molar-refractivity contribution in [1.29, 1.82) is 0 Å². The Labute approximate surface area is 167 Å². The molecule has 0 aromatic heterocycles. The Morgan fingerprint density at radius 3 is 2.63 bits per heavy atom. The van der Waals surface area contributed by atoms with Gasteiger partial charge in [0.1, 0.15) is 18.2 Å². The van der Waals surface area contributed by atoms with Crippen LogP contribution in [0.1, 0.15) is 18.4 Å². The maximum atomic E-state index is 12.9. The number of rotatable bonds is 7. The Morgan fingerprint density at radius 1 is 1.19 bits per heavy atom. The topological polar surface area (TPSA) is 41.6 Å². The van der Waals surface area contributed by atoms with E-state index in [0.717, 1.165) is 48.3 Å². The molecule has 0 bridgehead atoms. The quantitative estimate of drug-likeness (QED) is 0.715. The van der Waals surface area contributed by atoms with E-state index in [4.69, 9.17) is 4.74 Å². The highest BCUT2D eigenvalue weighted by Crippen LogP contribution is 2.19. The molecule has 0 atom stereocenters. The number of piperidine rings is 1. The van der Waals surface area contributed by atoms with Crippen molar-refractivity contribution < 1.29 is 13.9 Å². The average Bonchev–Trinajstić information content (AvgIpc) is 2.68. The molecule has 0 spiro atoms. The molecule has 1 aliphatic heterocycles. The van der Waals surface area contributed by atoms with Crippen LogP contribution in [0.4, 0.5) is 4.39 Å². The fourth-order valence-corrected chi connectivity index (χ4v) is 3.58. The molecule has 1 fully saturated rings. The Hall–Kier alpha value is -1.92. The summed E-state index contributed by atoms with van der Waals surface area (Å²) in [6, 6.07) is 14.0. The number of halogens is 2. The number of nitrogens with zero attached hydrogens (tertiary/aromatic N) is 1. The predicted molar refractivity (Wildman–Crippen MR) is 107 cm³/mol. The summed E-state index contributed by atoms with van der Waals surface area (Å²) in [4.78, 5) is 14.7. The number of likely N-dealkylation sites (tertiary alicyclic amines) is 1. The van der Waals surface area contributed by atoms with Gasteiger partial charge in [-0.05, 0) is 61.8 Å². The molecule has 2 aromatic rings. The summed E-state index contributed by atoms with van der Waals surface area (Å²) in [6.07, 6.45) is 1.71. The first-order valence-electron chi connectivity index (χ1n) is 9.23. The van der Waals surface area contributed by atoms with Crippen molar-refractivity contribution in [3.63, 3.8) is 0 Å². The highest BCUT2D eigenvalue weighted by atomic mass is 79.9. The molecule has 1 aliphatic rings. The molecule has 1 heterocycles. The van der Waals surface area contributed by atoms with Gasteiger partial charge in [-0.25, -0.2) is 4.39 Å². The number of nitrogens with one attached hydrogen (secondary N) is 1. The zero-order valence-electron chi connectivity index (χ0n) is 15.2. The van der Waals surface area contributed by atoms with Gasteiger partial charge in [0, 0.05) is 23.5 Å². The number of carbonyl (C=O) groups is 1. The molecule has 0 radical (unpaired) electrons. The maximum absolute atomic E-state index is 12.9. The van der Waals surface area contributed by atoms with Crippen LogP contribution in [-0.4, -0.2) is 37.0 Å². The number of ether oxygens (including phenoxy) is 1. The Balaban J connectivity index is 1.34. The van der Waals surface area contributed by atoms with E-state index in [1.165, 1.54) is 12.1 Å². The van der Waals surface area contributed by atoms with Crippen molar-refractivity contribution in [1.82, 2.24) is 10.2 Å². The van der Waals surface area contributed by atoms with Gasteiger partial charge in [0.2, 0.25) is 5.91 Å². The number of hydrogen-bond donors (Lipinski definition) is 1. The van der Waals surface area contributed by atoms with Gasteiger partial charge in [-0.15, -0.1) is 0 Å². The smallest absolute Gasteiger partial charge is 0.223 e. The van der Waals surface area contributed by atoms with Gasteiger partial charge in [0.15, 0.2) is 0 Å². The standard InChI is InChI=1S/C21H24BrFN2O2/c22-18-2-1-3-20(14-18)27-13-12-25-10-8-17(9-11-25)21(26)24-15-16-4-6-19(23)7-5-16/h1-7,14,17H,8-13,15H2,(H,24,26). The molecule has 6 heteroatoms. The van der Waals surface area contributed by atoms with E-state index in [2.05, 4.69) is 26.1 Å². The van der Waals surface area contributed by atoms with Gasteiger partial charge >= 0.3 is 0 Å². The summed E-state index contributed by atoms with van der Waals surface area (Å²) in [5.41, 5.74) is 0.909. The third-order valence-electron chi connectivity index (χ3n) is 4.81. The molecule has 27 heavy (non-hydrogen) atoms. The van der Waals surface area contributed by atoms with Gasteiger partial charge in [0.05, 0.1) is 0 Å². The number of carbonyl (C=O) groups excluding carboxylic acids is 1. The molecule has 3 rings (SSSR count). The van der Waals surface area contributed by atoms with Crippen molar-refractivity contribution >= 4 is 21.8 Å². The summed E-state index contributed by atoms with van der Waals surface area (Å²) in [5.74, 6) is 0.734. The molecular formula is C21H24BrFN2O2. The van der Waals surface area contributed by atoms with Crippen molar-refractivity contribution in [3.05, 3.63) is 64.4 Å². The maximum Gasteiger partial charge on any atom is 0.223 e. The van der Waals surface area contributed by atoms with Crippen LogP contribution in [0.3, 0.4) is 0 Å². The van der Waals surface area contributed by atoms with E-state index in [-0.39, 0.29) is 17.6 Å². The fourth-order valence-electron chi connectivity index (χ4n) is 3.20. The molecule has 0 saturated carbocycles. The largest absolute Gasteiger partial charge is 0.492 e. The molecule has 0 unspecified atom stereocenters. The lowest BCUT2D eigenvalue weighted by Gasteiger charge is -2.31. The van der Waals surface area contributed by atoms with E-state index in [0.29, 0.717) is 13.2 Å². The Morgan fingerprint density at radius 2 is 1.93 bits per heavy atom. The number of amides is 1. The summed E-state index contributed by atoms with van der Waals surface area (Å²) in [5, 5.41) is 2.96. The first-order chi connectivity index (χ1) is 13.1. The number of hydrogen-bond acceptors (Lipinski definition) is 3. The lowest BCUT2D eigenvalue weighted by Crippen LogP contribution is -2.41. The van der Waals surface area contributed by atoms with E-state index in [1.807, 2.05) is 24.3 Å². The van der Waals surface area contributed by atoms with Crippen LogP contribution in [0.2, 0.25) is 0 Å². The van der Waals surface area contributed by atoms with Crippen LogP contribution in [0, 0.1) is 11.7 Å². The zero-order valence-corrected chi connectivity index (χ0v) is 16.8. The van der Waals surface area contributed by atoms with E-state index in [1.54, 1.807) is 12.1 Å². The monoisotopic (exact) mass is 434 g/mol. The van der Waals surface area contributed by atoms with Crippen LogP contribution in [0.15, 0.2) is 53.0 Å². The minimum absolute atomic E-state index is 0.0488. The van der Waals surface area contributed by atoms with Gasteiger partial charge in [0.25, 0.3) is 0 Å². The van der Waals surface area contributed by atoms with Crippen LogP contribution in [-0.2, 0) is 11.3 Å². The van der Waals surface area contributed by atoms with Crippen LogP contribution < -0.4 is 10.1 Å². The van der Waals surface area contributed by atoms with Crippen molar-refractivity contribution in [2.45, 2.75) is 19.4 Å². The molecule has 1 amide bonds. The van der Waals surface area contributed by atoms with Crippen molar-refractivity contribution in [2.75, 3.05) is 26.2 Å². The fraction of sp³-hybridized carbons (Fsp3) is 0.381. The van der Waals surface area contributed by atoms with Gasteiger partial charge < -0.3 is 10.1 Å². The Bertz CT molecular complexity index is 746. The van der Waals surface area contributed by atoms with Crippen LogP contribution >= 0.6 is 15.9 Å². The second kappa shape index (κ2) is 9.85. The van der Waals surface area contributed by atoms with Gasteiger partial charge in [-0.1, -0.05) is 34.1 Å². The predicted octanol–water partition coefficient (Wildman–Crippen LogP) is 4.00. The lowest BCUT2D eigenvalue weighted by atomic mass is 9.96. The van der Waals surface area contributed by atoms with Crippen molar-refractivity contribution in [2.24, 2.45) is 5.92 Å². The third kappa shape index (κ3) is 6.33. The number of benzene rings is 2. The minimum atomic E-state index is -0.263. The molecular weight excluding hydrogens is 411 g/mol. The highest BCUT2D eigenvalue weighted by molar-refractivity contribution is 9.10. The zero-order chi connectivity index (χ0) is 19.1. The van der Waals surface area contributed by atoms with E-state index < -0.39 is 0 Å². The SMILES string of the molecule is O=C(NCc1ccc(F)cc1)C1CCN(CCOc2cccc(Br)c2)CC1. The van der Waals surface area contributed by atoms with Crippen LogP contribution in [0.25, 0.3) is 0 Å². The van der Waals surface area contributed by atoms with E-state index >= 15 is 0 Å². The highest BCUT2D eigenvalue weighted by Gasteiger charge is 2.24. The lowest BCUT2D eigenvalue weighted by molar-refractivity contribution is -0.126. The first-order valence-corrected chi connectivity index (χ1v) is 10.0. The third-order valence-corrected chi connectivity index (χ3v) is 5.30. The summed E-state index contributed by atoms with van der Waals surface area (Å²) in [7, 11) is 0. The second-order valence-corrected chi connectivity index (χ2v) is 7.68. The van der Waals surface area contributed by atoms with Crippen LogP contribution in [0.5, 0.6) is 5.75 Å². The molecule has 144 valence electrons. The molecule has 2 aromatic carbocycles. The molecule has 0 aliphatic carbocycles. The molecule has 1 saturated heterocycles. The molecule has 1 N–H and O–H groups in total. The second-order valence-electron chi connectivity index (χ2n) is 6.77. The van der Waals surface area contributed by atoms with Gasteiger partial charge in [-0.2, -0.15) is 0 Å². The summed E-state index contributed by atoms with van der Waals surface area (Å²) < 4.78 is 19.7. The molecule has 4 nitrogen and oxygen atoms in total. The first kappa shape index (κ1) is 19.8. The van der Waals surface area contributed by atoms with Gasteiger partial charge in [-0.3, -0.25) is 9.69 Å². The summed E-state index contributed by atoms with van der Waals surface area (Å²) >= 11 is 3.44. The average molecular weight is 435 g/mol. The van der Waals surface area contributed by atoms with E-state index in [9.17, 15) is 9.18 Å². The Kier molecular flexibility index (Phi) is 7.24. The minimum Gasteiger partial charge on any atom is -0.492 e.